The van der Waals surface area contributed by atoms with Gasteiger partial charge in [0.25, 0.3) is 10.0 Å². The van der Waals surface area contributed by atoms with Crippen LogP contribution in [0.5, 0.6) is 0 Å². The van der Waals surface area contributed by atoms with Gasteiger partial charge in [0.15, 0.2) is 0 Å². The monoisotopic (exact) mass is 318 g/mol. The van der Waals surface area contributed by atoms with Gasteiger partial charge < -0.3 is 5.73 Å². The Hall–Kier alpha value is -1.86. The van der Waals surface area contributed by atoms with E-state index in [4.69, 9.17) is 17.3 Å². The molecule has 2 aromatic rings. The van der Waals surface area contributed by atoms with E-state index in [0.29, 0.717) is 6.07 Å². The molecule has 8 heteroatoms. The van der Waals surface area contributed by atoms with Crippen LogP contribution in [0.25, 0.3) is 0 Å². The normalized spacial score (nSPS) is 11.3. The van der Waals surface area contributed by atoms with Crippen LogP contribution in [0.4, 0.5) is 20.2 Å². The molecule has 20 heavy (non-hydrogen) atoms. The number of benzene rings is 2. The highest BCUT2D eigenvalue weighted by Crippen LogP contribution is 2.27. The van der Waals surface area contributed by atoms with Gasteiger partial charge >= 0.3 is 0 Å². The largest absolute Gasteiger partial charge is 0.399 e. The Morgan fingerprint density at radius 1 is 1.10 bits per heavy atom. The number of anilines is 2. The number of hydrogen-bond acceptors (Lipinski definition) is 3. The Kier molecular flexibility index (Phi) is 3.82. The lowest BCUT2D eigenvalue weighted by atomic mass is 10.3. The second-order valence-corrected chi connectivity index (χ2v) is 5.98. The molecule has 2 rings (SSSR count). The summed E-state index contributed by atoms with van der Waals surface area (Å²) >= 11 is 5.81. The lowest BCUT2D eigenvalue weighted by Gasteiger charge is -2.11. The molecule has 0 aliphatic heterocycles. The van der Waals surface area contributed by atoms with Crippen LogP contribution in [0.1, 0.15) is 0 Å². The van der Waals surface area contributed by atoms with Gasteiger partial charge in [0.1, 0.15) is 16.5 Å². The van der Waals surface area contributed by atoms with E-state index >= 15 is 0 Å². The Morgan fingerprint density at radius 2 is 1.80 bits per heavy atom. The predicted molar refractivity (Wildman–Crippen MR) is 73.0 cm³/mol. The van der Waals surface area contributed by atoms with Gasteiger partial charge in [0, 0.05) is 5.69 Å². The summed E-state index contributed by atoms with van der Waals surface area (Å²) in [4.78, 5) is -0.809. The lowest BCUT2D eigenvalue weighted by molar-refractivity contribution is 0.555. The average molecular weight is 319 g/mol. The van der Waals surface area contributed by atoms with E-state index < -0.39 is 26.6 Å². The third-order valence-corrected chi connectivity index (χ3v) is 4.13. The average Bonchev–Trinajstić information content (AvgIpc) is 2.36. The van der Waals surface area contributed by atoms with E-state index in [2.05, 4.69) is 4.72 Å². The summed E-state index contributed by atoms with van der Waals surface area (Å²) in [5.41, 5.74) is 5.76. The Balaban J connectivity index is 2.46. The summed E-state index contributed by atoms with van der Waals surface area (Å²) in [6, 6.07) is 6.27. The summed E-state index contributed by atoms with van der Waals surface area (Å²) < 4.78 is 52.7. The first-order valence-electron chi connectivity index (χ1n) is 5.32. The highest BCUT2D eigenvalue weighted by atomic mass is 35.5. The molecule has 0 aliphatic rings. The minimum absolute atomic E-state index is 0.0182. The molecule has 0 unspecified atom stereocenters. The Labute approximate surface area is 119 Å². The van der Waals surface area contributed by atoms with Crippen molar-refractivity contribution >= 4 is 33.0 Å². The van der Waals surface area contributed by atoms with E-state index in [0.717, 1.165) is 12.1 Å². The van der Waals surface area contributed by atoms with Crippen molar-refractivity contribution in [2.75, 3.05) is 10.5 Å². The topological polar surface area (TPSA) is 72.2 Å². The fraction of sp³-hybridized carbons (Fsp3) is 0. The van der Waals surface area contributed by atoms with Crippen LogP contribution in [-0.4, -0.2) is 8.42 Å². The summed E-state index contributed by atoms with van der Waals surface area (Å²) in [5, 5.41) is 0.0830. The molecule has 0 atom stereocenters. The molecule has 0 radical (unpaired) electrons. The first kappa shape index (κ1) is 14.5. The van der Waals surface area contributed by atoms with E-state index in [-0.39, 0.29) is 16.4 Å². The summed E-state index contributed by atoms with van der Waals surface area (Å²) in [6.07, 6.45) is 0. The number of sulfonamides is 1. The van der Waals surface area contributed by atoms with Crippen LogP contribution >= 0.6 is 11.6 Å². The fourth-order valence-corrected chi connectivity index (χ4v) is 2.89. The van der Waals surface area contributed by atoms with Crippen molar-refractivity contribution < 1.29 is 17.2 Å². The smallest absolute Gasteiger partial charge is 0.264 e. The summed E-state index contributed by atoms with van der Waals surface area (Å²) in [6.45, 7) is 0. The Morgan fingerprint density at radius 3 is 2.50 bits per heavy atom. The molecule has 0 aromatic heterocycles. The van der Waals surface area contributed by atoms with Crippen LogP contribution in [0.2, 0.25) is 5.02 Å². The van der Waals surface area contributed by atoms with Crippen molar-refractivity contribution in [3.63, 3.8) is 0 Å². The standard InChI is InChI=1S/C12H9ClF2N2O2S/c13-9-3-2-8(16)6-11(9)17-20(18,19)12-5-7(14)1-4-10(12)15/h1-6,17H,16H2. The van der Waals surface area contributed by atoms with Gasteiger partial charge in [-0.15, -0.1) is 0 Å². The third kappa shape index (κ3) is 3.00. The fourth-order valence-electron chi connectivity index (χ4n) is 1.50. The number of nitrogens with two attached hydrogens (primary N) is 1. The molecule has 3 N–H and O–H groups in total. The van der Waals surface area contributed by atoms with Crippen LogP contribution in [0, 0.1) is 11.6 Å². The number of halogens is 3. The molecular formula is C12H9ClF2N2O2S. The number of hydrogen-bond donors (Lipinski definition) is 2. The van der Waals surface area contributed by atoms with Crippen molar-refractivity contribution in [3.8, 4) is 0 Å². The molecule has 0 heterocycles. The van der Waals surface area contributed by atoms with E-state index in [9.17, 15) is 17.2 Å². The number of nitrogen functional groups attached to an aromatic ring is 1. The first-order chi connectivity index (χ1) is 9.29. The third-order valence-electron chi connectivity index (χ3n) is 2.42. The molecule has 0 aliphatic carbocycles. The van der Waals surface area contributed by atoms with Crippen molar-refractivity contribution in [3.05, 3.63) is 53.1 Å². The van der Waals surface area contributed by atoms with Crippen LogP contribution < -0.4 is 10.5 Å². The molecule has 0 saturated carbocycles. The van der Waals surface area contributed by atoms with Gasteiger partial charge in [0.2, 0.25) is 0 Å². The van der Waals surface area contributed by atoms with Gasteiger partial charge in [-0.3, -0.25) is 4.72 Å². The van der Waals surface area contributed by atoms with Gasteiger partial charge in [-0.25, -0.2) is 17.2 Å². The second kappa shape index (κ2) is 5.26. The number of nitrogens with one attached hydrogen (secondary N) is 1. The second-order valence-electron chi connectivity index (χ2n) is 3.92. The van der Waals surface area contributed by atoms with Crippen molar-refractivity contribution in [1.29, 1.82) is 0 Å². The minimum Gasteiger partial charge on any atom is -0.399 e. The SMILES string of the molecule is Nc1ccc(Cl)c(NS(=O)(=O)c2cc(F)ccc2F)c1. The maximum Gasteiger partial charge on any atom is 0.264 e. The van der Waals surface area contributed by atoms with Crippen LogP contribution in [0.15, 0.2) is 41.3 Å². The molecule has 0 saturated heterocycles. The zero-order valence-electron chi connectivity index (χ0n) is 9.90. The van der Waals surface area contributed by atoms with Gasteiger partial charge in [-0.2, -0.15) is 0 Å². The van der Waals surface area contributed by atoms with E-state index in [1.54, 1.807) is 0 Å². The Bertz CT molecular complexity index is 766. The quantitative estimate of drug-likeness (QED) is 0.854. The zero-order valence-corrected chi connectivity index (χ0v) is 11.5. The van der Waals surface area contributed by atoms with Crippen molar-refractivity contribution in [2.24, 2.45) is 0 Å². The first-order valence-corrected chi connectivity index (χ1v) is 7.18. The molecule has 0 spiro atoms. The molecule has 0 fully saturated rings. The lowest BCUT2D eigenvalue weighted by Crippen LogP contribution is -2.15. The number of rotatable bonds is 3. The highest BCUT2D eigenvalue weighted by molar-refractivity contribution is 7.92. The van der Waals surface area contributed by atoms with Crippen molar-refractivity contribution in [1.82, 2.24) is 0 Å². The maximum atomic E-state index is 13.5. The molecule has 106 valence electrons. The maximum absolute atomic E-state index is 13.5. The van der Waals surface area contributed by atoms with Crippen LogP contribution in [-0.2, 0) is 10.0 Å². The molecule has 0 bridgehead atoms. The van der Waals surface area contributed by atoms with Crippen LogP contribution in [0.3, 0.4) is 0 Å². The predicted octanol–water partition coefficient (Wildman–Crippen LogP) is 3.00. The van der Waals surface area contributed by atoms with Gasteiger partial charge in [-0.1, -0.05) is 11.6 Å². The molecular weight excluding hydrogens is 310 g/mol. The highest BCUT2D eigenvalue weighted by Gasteiger charge is 2.21. The molecule has 0 amide bonds. The van der Waals surface area contributed by atoms with Gasteiger partial charge in [0.05, 0.1) is 10.7 Å². The van der Waals surface area contributed by atoms with Gasteiger partial charge in [-0.05, 0) is 36.4 Å². The van der Waals surface area contributed by atoms with E-state index in [1.165, 1.54) is 18.2 Å². The minimum atomic E-state index is -4.31. The molecule has 2 aromatic carbocycles. The summed E-state index contributed by atoms with van der Waals surface area (Å²) in [5.74, 6) is -1.94. The summed E-state index contributed by atoms with van der Waals surface area (Å²) in [7, 11) is -4.31. The van der Waals surface area contributed by atoms with Crippen molar-refractivity contribution in [2.45, 2.75) is 4.90 Å². The van der Waals surface area contributed by atoms with E-state index in [1.807, 2.05) is 0 Å². The molecule has 4 nitrogen and oxygen atoms in total. The zero-order chi connectivity index (χ0) is 14.9.